The Hall–Kier alpha value is -1.90. The largest absolute Gasteiger partial charge is 0.378 e. The van der Waals surface area contributed by atoms with Crippen LogP contribution in [0.4, 0.5) is 0 Å². The summed E-state index contributed by atoms with van der Waals surface area (Å²) < 4.78 is 5.59. The fraction of sp³-hybridized carbons (Fsp3) is 0.579. The average Bonchev–Trinajstić information content (AvgIpc) is 3.14. The highest BCUT2D eigenvalue weighted by Crippen LogP contribution is 2.19. The maximum atomic E-state index is 12.4. The molecular formula is C19H25N3O2. The first-order valence-electron chi connectivity index (χ1n) is 8.83. The minimum Gasteiger partial charge on any atom is -0.378 e. The van der Waals surface area contributed by atoms with Crippen molar-refractivity contribution in [3.63, 3.8) is 0 Å². The molecule has 5 heteroatoms. The molecule has 0 N–H and O–H groups in total. The summed E-state index contributed by atoms with van der Waals surface area (Å²) in [5.41, 5.74) is 1.20. The summed E-state index contributed by atoms with van der Waals surface area (Å²) in [6.45, 7) is 3.55. The number of ether oxygens (including phenoxy) is 1. The zero-order valence-electron chi connectivity index (χ0n) is 14.1. The van der Waals surface area contributed by atoms with E-state index < -0.39 is 0 Å². The van der Waals surface area contributed by atoms with Gasteiger partial charge < -0.3 is 9.64 Å². The number of piperazine rings is 1. The van der Waals surface area contributed by atoms with E-state index in [1.165, 1.54) is 5.56 Å². The lowest BCUT2D eigenvalue weighted by Crippen LogP contribution is -2.53. The van der Waals surface area contributed by atoms with Crippen LogP contribution in [0.5, 0.6) is 0 Å². The quantitative estimate of drug-likeness (QED) is 0.832. The predicted octanol–water partition coefficient (Wildman–Crippen LogP) is 2.18. The van der Waals surface area contributed by atoms with Gasteiger partial charge in [0.2, 0.25) is 5.91 Å². The van der Waals surface area contributed by atoms with Gasteiger partial charge in [-0.1, -0.05) is 30.3 Å². The van der Waals surface area contributed by atoms with Crippen LogP contribution in [0.1, 0.15) is 31.2 Å². The third-order valence-electron chi connectivity index (χ3n) is 4.93. The lowest BCUT2D eigenvalue weighted by Gasteiger charge is -2.38. The molecule has 2 aliphatic heterocycles. The molecule has 5 nitrogen and oxygen atoms in total. The van der Waals surface area contributed by atoms with Crippen LogP contribution in [0.25, 0.3) is 0 Å². The van der Waals surface area contributed by atoms with E-state index >= 15 is 0 Å². The number of nitriles is 1. The second-order valence-electron chi connectivity index (χ2n) is 6.61. The van der Waals surface area contributed by atoms with E-state index in [2.05, 4.69) is 23.1 Å². The van der Waals surface area contributed by atoms with Gasteiger partial charge in [0.05, 0.1) is 12.2 Å². The van der Waals surface area contributed by atoms with Crippen LogP contribution in [-0.2, 0) is 16.1 Å². The smallest absolute Gasteiger partial charge is 0.222 e. The highest BCUT2D eigenvalue weighted by molar-refractivity contribution is 5.76. The van der Waals surface area contributed by atoms with Crippen molar-refractivity contribution in [1.29, 1.82) is 5.26 Å². The molecule has 1 aromatic carbocycles. The number of carbonyl (C=O) groups is 1. The Balaban J connectivity index is 1.50. The van der Waals surface area contributed by atoms with Crippen LogP contribution in [0.2, 0.25) is 0 Å². The summed E-state index contributed by atoms with van der Waals surface area (Å²) in [7, 11) is 0. The summed E-state index contributed by atoms with van der Waals surface area (Å²) in [6.07, 6.45) is 3.76. The van der Waals surface area contributed by atoms with Gasteiger partial charge in [0.25, 0.3) is 0 Å². The number of carbonyl (C=O) groups excluding carboxylic acids is 1. The van der Waals surface area contributed by atoms with Crippen LogP contribution >= 0.6 is 0 Å². The SMILES string of the molecule is N#C[C@H]1CN(C(=O)CC[C@@H]2CCCO2)CCN1Cc1ccccc1. The first-order valence-corrected chi connectivity index (χ1v) is 8.83. The predicted molar refractivity (Wildman–Crippen MR) is 91.0 cm³/mol. The van der Waals surface area contributed by atoms with Crippen molar-refractivity contribution in [3.05, 3.63) is 35.9 Å². The third kappa shape index (κ3) is 4.34. The molecule has 0 bridgehead atoms. The molecular weight excluding hydrogens is 302 g/mol. The zero-order valence-corrected chi connectivity index (χ0v) is 14.1. The van der Waals surface area contributed by atoms with Gasteiger partial charge in [-0.2, -0.15) is 5.26 Å². The maximum absolute atomic E-state index is 12.4. The third-order valence-corrected chi connectivity index (χ3v) is 4.93. The molecule has 1 aromatic rings. The molecule has 1 amide bonds. The van der Waals surface area contributed by atoms with Gasteiger partial charge in [0, 0.05) is 39.2 Å². The molecule has 0 spiro atoms. The molecule has 2 aliphatic rings. The summed E-state index contributed by atoms with van der Waals surface area (Å²) >= 11 is 0. The monoisotopic (exact) mass is 327 g/mol. The maximum Gasteiger partial charge on any atom is 0.222 e. The van der Waals surface area contributed by atoms with E-state index in [0.29, 0.717) is 19.5 Å². The first-order chi connectivity index (χ1) is 11.8. The Morgan fingerprint density at radius 2 is 2.12 bits per heavy atom. The number of benzene rings is 1. The van der Waals surface area contributed by atoms with Gasteiger partial charge in [-0.3, -0.25) is 9.69 Å². The molecule has 0 unspecified atom stereocenters. The van der Waals surface area contributed by atoms with Crippen LogP contribution in [0.3, 0.4) is 0 Å². The van der Waals surface area contributed by atoms with Crippen molar-refractivity contribution >= 4 is 5.91 Å². The van der Waals surface area contributed by atoms with E-state index in [9.17, 15) is 10.1 Å². The standard InChI is InChI=1S/C19H25N3O2/c20-13-17-15-22(19(23)9-8-18-7-4-12-24-18)11-10-21(17)14-16-5-2-1-3-6-16/h1-3,5-6,17-18H,4,7-12,14-15H2/t17-,18-/m0/s1. The van der Waals surface area contributed by atoms with Crippen molar-refractivity contribution in [2.75, 3.05) is 26.2 Å². The van der Waals surface area contributed by atoms with Crippen LogP contribution in [0, 0.1) is 11.3 Å². The molecule has 2 heterocycles. The van der Waals surface area contributed by atoms with Gasteiger partial charge in [-0.05, 0) is 24.8 Å². The highest BCUT2D eigenvalue weighted by atomic mass is 16.5. The fourth-order valence-corrected chi connectivity index (χ4v) is 3.49. The topological polar surface area (TPSA) is 56.6 Å². The highest BCUT2D eigenvalue weighted by Gasteiger charge is 2.29. The van der Waals surface area contributed by atoms with Gasteiger partial charge >= 0.3 is 0 Å². The van der Waals surface area contributed by atoms with Gasteiger partial charge in [0.15, 0.2) is 0 Å². The van der Waals surface area contributed by atoms with Crippen molar-refractivity contribution in [2.24, 2.45) is 0 Å². The van der Waals surface area contributed by atoms with E-state index in [1.54, 1.807) is 0 Å². The van der Waals surface area contributed by atoms with Gasteiger partial charge in [0.1, 0.15) is 6.04 Å². The summed E-state index contributed by atoms with van der Waals surface area (Å²) in [6, 6.07) is 12.3. The number of hydrogen-bond donors (Lipinski definition) is 0. The molecule has 0 aliphatic carbocycles. The van der Waals surface area contributed by atoms with Gasteiger partial charge in [-0.25, -0.2) is 0 Å². The van der Waals surface area contributed by atoms with Crippen molar-refractivity contribution < 1.29 is 9.53 Å². The van der Waals surface area contributed by atoms with E-state index in [1.807, 2.05) is 23.1 Å². The summed E-state index contributed by atoms with van der Waals surface area (Å²) in [5, 5.41) is 9.49. The number of nitrogens with zero attached hydrogens (tertiary/aromatic N) is 3. The minimum absolute atomic E-state index is 0.158. The van der Waals surface area contributed by atoms with E-state index in [-0.39, 0.29) is 18.1 Å². The normalized spacial score (nSPS) is 24.7. The zero-order chi connectivity index (χ0) is 16.8. The molecule has 128 valence electrons. The Morgan fingerprint density at radius 1 is 1.29 bits per heavy atom. The minimum atomic E-state index is -0.231. The molecule has 0 aromatic heterocycles. The molecule has 3 rings (SSSR count). The van der Waals surface area contributed by atoms with Crippen molar-refractivity contribution in [2.45, 2.75) is 44.4 Å². The Morgan fingerprint density at radius 3 is 2.83 bits per heavy atom. The molecule has 2 fully saturated rings. The van der Waals surface area contributed by atoms with Crippen molar-refractivity contribution in [3.8, 4) is 6.07 Å². The van der Waals surface area contributed by atoms with Crippen LogP contribution < -0.4 is 0 Å². The number of amides is 1. The Kier molecular flexibility index (Phi) is 5.84. The van der Waals surface area contributed by atoms with Crippen LogP contribution in [0.15, 0.2) is 30.3 Å². The fourth-order valence-electron chi connectivity index (χ4n) is 3.49. The molecule has 0 saturated carbocycles. The number of rotatable bonds is 5. The Bertz CT molecular complexity index is 578. The second kappa shape index (κ2) is 8.27. The lowest BCUT2D eigenvalue weighted by atomic mass is 10.1. The second-order valence-corrected chi connectivity index (χ2v) is 6.61. The van der Waals surface area contributed by atoms with Gasteiger partial charge in [-0.15, -0.1) is 0 Å². The van der Waals surface area contributed by atoms with Crippen molar-refractivity contribution in [1.82, 2.24) is 9.80 Å². The first kappa shape index (κ1) is 16.9. The van der Waals surface area contributed by atoms with E-state index in [4.69, 9.17) is 4.74 Å². The molecule has 0 radical (unpaired) electrons. The Labute approximate surface area is 143 Å². The summed E-state index contributed by atoms with van der Waals surface area (Å²) in [5.74, 6) is 0.158. The van der Waals surface area contributed by atoms with E-state index in [0.717, 1.165) is 39.0 Å². The average molecular weight is 327 g/mol. The number of hydrogen-bond acceptors (Lipinski definition) is 4. The lowest BCUT2D eigenvalue weighted by molar-refractivity contribution is -0.134. The van der Waals surface area contributed by atoms with Crippen LogP contribution in [-0.4, -0.2) is 54.1 Å². The molecule has 2 saturated heterocycles. The molecule has 2 atom stereocenters. The molecule has 24 heavy (non-hydrogen) atoms. The summed E-state index contributed by atoms with van der Waals surface area (Å²) in [4.78, 5) is 16.4.